The number of hydrogen-bond donors (Lipinski definition) is 2. The Kier molecular flexibility index (Phi) is 7.94. The average molecular weight is 490 g/mol. The molecule has 0 atom stereocenters. The number of thioether (sulfide) groups is 1. The topological polar surface area (TPSA) is 105 Å². The van der Waals surface area contributed by atoms with E-state index in [-0.39, 0.29) is 12.5 Å². The van der Waals surface area contributed by atoms with Crippen LogP contribution in [0.25, 0.3) is 0 Å². The highest BCUT2D eigenvalue weighted by atomic mass is 32.2. The lowest BCUT2D eigenvalue weighted by Crippen LogP contribution is -2.48. The molecule has 2 aromatic rings. The fourth-order valence-electron chi connectivity index (χ4n) is 2.47. The number of rotatable bonds is 8. The number of amides is 2. The van der Waals surface area contributed by atoms with E-state index in [9.17, 15) is 31.2 Å². The van der Waals surface area contributed by atoms with Crippen LogP contribution in [0, 0.1) is 0 Å². The third-order valence-corrected chi connectivity index (χ3v) is 7.72. The summed E-state index contributed by atoms with van der Waals surface area (Å²) in [5.74, 6) is -0.530. The first-order valence-corrected chi connectivity index (χ1v) is 11.8. The van der Waals surface area contributed by atoms with Crippen molar-refractivity contribution >= 4 is 39.1 Å². The predicted molar refractivity (Wildman–Crippen MR) is 115 cm³/mol. The molecule has 2 rings (SSSR count). The van der Waals surface area contributed by atoms with Crippen LogP contribution in [-0.2, 0) is 25.6 Å². The van der Waals surface area contributed by atoms with Gasteiger partial charge >= 0.3 is 6.18 Å². The van der Waals surface area contributed by atoms with Gasteiger partial charge in [-0.3, -0.25) is 9.59 Å². The van der Waals surface area contributed by atoms with Crippen LogP contribution in [0.3, 0.4) is 0 Å². The van der Waals surface area contributed by atoms with Crippen LogP contribution in [0.5, 0.6) is 0 Å². The van der Waals surface area contributed by atoms with Crippen molar-refractivity contribution in [1.29, 1.82) is 0 Å². The second-order valence-corrected chi connectivity index (χ2v) is 10.8. The van der Waals surface area contributed by atoms with Gasteiger partial charge in [-0.05, 0) is 50.2 Å². The SMILES string of the molecule is CC(=O)Nc1ccc(SCCNC(=O)C(C)(C)S(=O)(=O)c2ccc(C(F)(F)F)cn2)cc1. The molecule has 0 aliphatic rings. The predicted octanol–water partition coefficient (Wildman–Crippen LogP) is 3.52. The van der Waals surface area contributed by atoms with Gasteiger partial charge in [0.05, 0.1) is 5.56 Å². The van der Waals surface area contributed by atoms with Crippen LogP contribution in [0.1, 0.15) is 26.3 Å². The molecule has 0 bridgehead atoms. The summed E-state index contributed by atoms with van der Waals surface area (Å²) in [6.45, 7) is 3.91. The van der Waals surface area contributed by atoms with Gasteiger partial charge in [0.15, 0.2) is 9.77 Å². The molecule has 32 heavy (non-hydrogen) atoms. The van der Waals surface area contributed by atoms with E-state index in [0.29, 0.717) is 23.7 Å². The summed E-state index contributed by atoms with van der Waals surface area (Å²) in [6.07, 6.45) is -4.22. The monoisotopic (exact) mass is 489 g/mol. The van der Waals surface area contributed by atoms with E-state index in [2.05, 4.69) is 15.6 Å². The molecular formula is C20H22F3N3O4S2. The lowest BCUT2D eigenvalue weighted by Gasteiger charge is -2.23. The first kappa shape index (κ1) is 25.7. The molecule has 0 saturated heterocycles. The van der Waals surface area contributed by atoms with Gasteiger partial charge in [0.1, 0.15) is 0 Å². The normalized spacial score (nSPS) is 12.3. The molecule has 2 N–H and O–H groups in total. The van der Waals surface area contributed by atoms with Gasteiger partial charge in [0.2, 0.25) is 21.7 Å². The van der Waals surface area contributed by atoms with E-state index in [4.69, 9.17) is 0 Å². The van der Waals surface area contributed by atoms with Gasteiger partial charge < -0.3 is 10.6 Å². The summed E-state index contributed by atoms with van der Waals surface area (Å²) in [5.41, 5.74) is -0.431. The quantitative estimate of drug-likeness (QED) is 0.434. The standard InChI is InChI=1S/C20H22F3N3O4S2/c1-13(27)26-15-5-7-16(8-6-15)31-11-10-24-18(28)19(2,3)32(29,30)17-9-4-14(12-25-17)20(21,22)23/h4-9,12H,10-11H2,1-3H3,(H,24,28)(H,26,27). The van der Waals surface area contributed by atoms with Crippen molar-refractivity contribution in [2.75, 3.05) is 17.6 Å². The second-order valence-electron chi connectivity index (χ2n) is 7.21. The van der Waals surface area contributed by atoms with Crippen molar-refractivity contribution in [3.63, 3.8) is 0 Å². The molecule has 1 heterocycles. The number of hydrogen-bond acceptors (Lipinski definition) is 6. The molecule has 0 saturated carbocycles. The second kappa shape index (κ2) is 9.90. The van der Waals surface area contributed by atoms with Crippen LogP contribution in [0.15, 0.2) is 52.5 Å². The Balaban J connectivity index is 1.95. The lowest BCUT2D eigenvalue weighted by molar-refractivity contribution is -0.138. The van der Waals surface area contributed by atoms with Gasteiger partial charge in [0.25, 0.3) is 0 Å². The molecule has 0 aliphatic carbocycles. The minimum absolute atomic E-state index is 0.163. The first-order valence-electron chi connectivity index (χ1n) is 9.32. The van der Waals surface area contributed by atoms with Crippen molar-refractivity contribution in [2.24, 2.45) is 0 Å². The van der Waals surface area contributed by atoms with E-state index >= 15 is 0 Å². The van der Waals surface area contributed by atoms with Gasteiger partial charge in [-0.15, -0.1) is 11.8 Å². The number of halogens is 3. The maximum Gasteiger partial charge on any atom is 0.417 e. The molecular weight excluding hydrogens is 467 g/mol. The van der Waals surface area contributed by atoms with Gasteiger partial charge in [0, 0.05) is 36.0 Å². The number of sulfone groups is 1. The van der Waals surface area contributed by atoms with E-state index < -0.39 is 37.3 Å². The van der Waals surface area contributed by atoms with Gasteiger partial charge in [-0.25, -0.2) is 13.4 Å². The Hall–Kier alpha value is -2.60. The van der Waals surface area contributed by atoms with Gasteiger partial charge in [-0.2, -0.15) is 13.2 Å². The maximum atomic E-state index is 12.8. The molecule has 0 spiro atoms. The molecule has 1 aromatic carbocycles. The van der Waals surface area contributed by atoms with E-state index in [1.807, 2.05) is 0 Å². The number of aromatic nitrogens is 1. The number of benzene rings is 1. The van der Waals surface area contributed by atoms with Crippen molar-refractivity contribution in [2.45, 2.75) is 41.6 Å². The Labute approximate surface area is 188 Å². The summed E-state index contributed by atoms with van der Waals surface area (Å²) in [6, 6.07) is 8.41. The van der Waals surface area contributed by atoms with E-state index in [1.165, 1.54) is 32.5 Å². The number of anilines is 1. The van der Waals surface area contributed by atoms with Crippen molar-refractivity contribution in [3.05, 3.63) is 48.2 Å². The zero-order valence-corrected chi connectivity index (χ0v) is 19.1. The highest BCUT2D eigenvalue weighted by Gasteiger charge is 2.44. The largest absolute Gasteiger partial charge is 0.417 e. The smallest absolute Gasteiger partial charge is 0.354 e. The van der Waals surface area contributed by atoms with Crippen LogP contribution in [0.4, 0.5) is 18.9 Å². The number of carbonyl (C=O) groups excluding carboxylic acids is 2. The Bertz CT molecular complexity index is 1070. The highest BCUT2D eigenvalue weighted by Crippen LogP contribution is 2.30. The van der Waals surface area contributed by atoms with Gasteiger partial charge in [-0.1, -0.05) is 0 Å². The van der Waals surface area contributed by atoms with Crippen LogP contribution in [0.2, 0.25) is 0 Å². The molecule has 174 valence electrons. The molecule has 0 radical (unpaired) electrons. The van der Waals surface area contributed by atoms with Crippen molar-refractivity contribution < 1.29 is 31.2 Å². The van der Waals surface area contributed by atoms with Crippen molar-refractivity contribution in [1.82, 2.24) is 10.3 Å². The summed E-state index contributed by atoms with van der Waals surface area (Å²) in [5, 5.41) is 4.57. The van der Waals surface area contributed by atoms with E-state index in [1.54, 1.807) is 24.3 Å². The van der Waals surface area contributed by atoms with Crippen LogP contribution >= 0.6 is 11.8 Å². The molecule has 2 amide bonds. The Morgan fingerprint density at radius 1 is 1.06 bits per heavy atom. The summed E-state index contributed by atoms with van der Waals surface area (Å²) in [4.78, 5) is 27.8. The fraction of sp³-hybridized carbons (Fsp3) is 0.350. The summed E-state index contributed by atoms with van der Waals surface area (Å²) in [7, 11) is -4.34. The highest BCUT2D eigenvalue weighted by molar-refractivity contribution is 7.99. The average Bonchev–Trinajstić information content (AvgIpc) is 2.71. The molecule has 7 nitrogen and oxygen atoms in total. The lowest BCUT2D eigenvalue weighted by atomic mass is 10.2. The molecule has 0 aliphatic heterocycles. The first-order chi connectivity index (χ1) is 14.7. The number of alkyl halides is 3. The minimum Gasteiger partial charge on any atom is -0.354 e. The molecule has 0 fully saturated rings. The fourth-order valence-corrected chi connectivity index (χ4v) is 4.52. The third kappa shape index (κ3) is 6.22. The molecule has 1 aromatic heterocycles. The third-order valence-electron chi connectivity index (χ3n) is 4.39. The Morgan fingerprint density at radius 2 is 1.69 bits per heavy atom. The van der Waals surface area contributed by atoms with Crippen LogP contribution in [-0.4, -0.2) is 42.3 Å². The summed E-state index contributed by atoms with van der Waals surface area (Å²) >= 11 is 1.41. The molecule has 0 unspecified atom stereocenters. The molecule has 12 heteroatoms. The zero-order valence-electron chi connectivity index (χ0n) is 17.5. The maximum absolute atomic E-state index is 12.8. The van der Waals surface area contributed by atoms with E-state index in [0.717, 1.165) is 11.0 Å². The van der Waals surface area contributed by atoms with Crippen molar-refractivity contribution in [3.8, 4) is 0 Å². The number of nitrogens with one attached hydrogen (secondary N) is 2. The number of carbonyl (C=O) groups is 2. The minimum atomic E-state index is -4.65. The summed E-state index contributed by atoms with van der Waals surface area (Å²) < 4.78 is 61.6. The number of nitrogens with zero attached hydrogens (tertiary/aromatic N) is 1. The van der Waals surface area contributed by atoms with Crippen LogP contribution < -0.4 is 10.6 Å². The Morgan fingerprint density at radius 3 is 2.19 bits per heavy atom. The zero-order chi connectivity index (χ0) is 24.2. The number of pyridine rings is 1.